The number of ether oxygens (including phenoxy) is 1. The number of esters is 1. The molecule has 4 aromatic heterocycles. The quantitative estimate of drug-likeness (QED) is 0.0588. The van der Waals surface area contributed by atoms with E-state index in [1.807, 2.05) is 50.2 Å². The topological polar surface area (TPSA) is 183 Å². The molecule has 6 rings (SSSR count). The van der Waals surface area contributed by atoms with Crippen molar-refractivity contribution in [1.29, 1.82) is 0 Å². The number of carbonyl (C=O) groups excluding carboxylic acids is 3. The Hall–Kier alpha value is -6.92. The highest BCUT2D eigenvalue weighted by molar-refractivity contribution is 5.87. The number of nitrogens with one attached hydrogen (secondary N) is 2. The summed E-state index contributed by atoms with van der Waals surface area (Å²) in [5.74, 6) is -6.07. The summed E-state index contributed by atoms with van der Waals surface area (Å²) < 4.78 is 62.1. The number of hydrogen-bond donors (Lipinski definition) is 3. The molecule has 2 aromatic carbocycles. The van der Waals surface area contributed by atoms with Crippen LogP contribution in [-0.4, -0.2) is 89.9 Å². The number of aromatic nitrogens is 6. The lowest BCUT2D eigenvalue weighted by Gasteiger charge is -2.18. The van der Waals surface area contributed by atoms with Crippen LogP contribution in [0.1, 0.15) is 43.3 Å². The van der Waals surface area contributed by atoms with Gasteiger partial charge in [0.05, 0.1) is 56.0 Å². The number of carboxylic acid groups (broad SMARTS) is 1. The first-order valence-electron chi connectivity index (χ1n) is 20.5. The van der Waals surface area contributed by atoms with Crippen LogP contribution in [0.25, 0.3) is 22.5 Å². The predicted octanol–water partition coefficient (Wildman–Crippen LogP) is 5.76. The van der Waals surface area contributed by atoms with Gasteiger partial charge in [-0.2, -0.15) is 10.2 Å². The number of hydrogen-bond acceptors (Lipinski definition) is 11. The standard InChI is InChI=1S/C24H26F2N4O3.C22H22F2N4O3/c1-3-30-18(13-21(29-30)17-7-9-27-10-8-17)14-23(31)22(28-15-24(32)33-4-2)12-16-5-6-19(25)20(26)11-16;1-2-28-16(11-19(27-28)15-5-7-25-8-6-15)12-21(29)20(26-13-22(30)31)10-14-3-4-17(23)18(24)9-14/h5-11,13,22,28H,3-4,12,14-15H2,1-2H3;3-9,11,20,26H,2,10,12-13H2,1H3,(H,30,31)/t22-;20-/m00/s1. The predicted molar refractivity (Wildman–Crippen MR) is 228 cm³/mol. The number of nitrogens with zero attached hydrogens (tertiary/aromatic N) is 6. The summed E-state index contributed by atoms with van der Waals surface area (Å²) in [4.78, 5) is 57.0. The highest BCUT2D eigenvalue weighted by atomic mass is 19.2. The molecule has 0 aliphatic rings. The molecule has 336 valence electrons. The Bertz CT molecular complexity index is 2520. The number of aliphatic carboxylic acids is 1. The Morgan fingerprint density at radius 1 is 0.609 bits per heavy atom. The lowest BCUT2D eigenvalue weighted by atomic mass is 9.99. The molecule has 0 unspecified atom stereocenters. The second-order valence-corrected chi connectivity index (χ2v) is 14.4. The third kappa shape index (κ3) is 13.8. The van der Waals surface area contributed by atoms with Crippen LogP contribution in [0, 0.1) is 23.3 Å². The Labute approximate surface area is 366 Å². The number of Topliss-reactive ketones (excluding diaryl/α,β-unsaturated/α-hetero) is 2. The van der Waals surface area contributed by atoms with Crippen molar-refractivity contribution in [3.63, 3.8) is 0 Å². The summed E-state index contributed by atoms with van der Waals surface area (Å²) in [6.07, 6.45) is 6.82. The molecule has 4 heterocycles. The molecule has 18 heteroatoms. The van der Waals surface area contributed by atoms with Crippen molar-refractivity contribution in [2.45, 2.75) is 71.6 Å². The minimum absolute atomic E-state index is 0.00683. The number of benzene rings is 2. The van der Waals surface area contributed by atoms with Gasteiger partial charge in [-0.1, -0.05) is 12.1 Å². The van der Waals surface area contributed by atoms with E-state index in [4.69, 9.17) is 9.84 Å². The van der Waals surface area contributed by atoms with Crippen LogP contribution in [0.4, 0.5) is 17.6 Å². The molecule has 0 spiro atoms. The normalized spacial score (nSPS) is 11.9. The molecule has 0 aliphatic carbocycles. The molecule has 0 bridgehead atoms. The van der Waals surface area contributed by atoms with E-state index in [1.54, 1.807) is 41.1 Å². The zero-order valence-corrected chi connectivity index (χ0v) is 35.4. The van der Waals surface area contributed by atoms with Crippen LogP contribution in [-0.2, 0) is 62.7 Å². The van der Waals surface area contributed by atoms with Gasteiger partial charge in [-0.25, -0.2) is 17.6 Å². The van der Waals surface area contributed by atoms with E-state index in [9.17, 15) is 36.7 Å². The maximum Gasteiger partial charge on any atom is 0.319 e. The molecule has 0 saturated carbocycles. The van der Waals surface area contributed by atoms with Crippen molar-refractivity contribution in [2.75, 3.05) is 19.7 Å². The van der Waals surface area contributed by atoms with Gasteiger partial charge < -0.3 is 9.84 Å². The highest BCUT2D eigenvalue weighted by Gasteiger charge is 2.25. The lowest BCUT2D eigenvalue weighted by molar-refractivity contribution is -0.142. The van der Waals surface area contributed by atoms with Crippen LogP contribution in [0.5, 0.6) is 0 Å². The van der Waals surface area contributed by atoms with Crippen LogP contribution < -0.4 is 10.6 Å². The van der Waals surface area contributed by atoms with Crippen molar-refractivity contribution in [1.82, 2.24) is 40.2 Å². The van der Waals surface area contributed by atoms with E-state index in [0.29, 0.717) is 41.3 Å². The summed E-state index contributed by atoms with van der Waals surface area (Å²) >= 11 is 0. The van der Waals surface area contributed by atoms with Gasteiger partial charge in [0.25, 0.3) is 0 Å². The number of pyridine rings is 2. The molecule has 3 N–H and O–H groups in total. The molecule has 2 atom stereocenters. The summed E-state index contributed by atoms with van der Waals surface area (Å²) in [7, 11) is 0. The second kappa shape index (κ2) is 23.5. The van der Waals surface area contributed by atoms with Crippen molar-refractivity contribution in [2.24, 2.45) is 0 Å². The zero-order valence-electron chi connectivity index (χ0n) is 35.4. The molecule has 0 fully saturated rings. The van der Waals surface area contributed by atoms with Gasteiger partial charge in [-0.05, 0) is 105 Å². The SMILES string of the molecule is CCOC(=O)CN[C@@H](Cc1ccc(F)c(F)c1)C(=O)Cc1cc(-c2ccncc2)nn1CC.CCn1nc(-c2ccncc2)cc1CC(=O)[C@H](Cc1ccc(F)c(F)c1)NCC(=O)O. The van der Waals surface area contributed by atoms with E-state index < -0.39 is 53.8 Å². The zero-order chi connectivity index (χ0) is 46.2. The van der Waals surface area contributed by atoms with Gasteiger partial charge >= 0.3 is 11.9 Å². The van der Waals surface area contributed by atoms with E-state index in [1.165, 1.54) is 12.1 Å². The summed E-state index contributed by atoms with van der Waals surface area (Å²) in [5, 5.41) is 23.7. The number of ketones is 2. The molecule has 0 aliphatic heterocycles. The van der Waals surface area contributed by atoms with Gasteiger partial charge in [0.15, 0.2) is 34.8 Å². The van der Waals surface area contributed by atoms with Crippen LogP contribution >= 0.6 is 0 Å². The number of halogens is 4. The fourth-order valence-electron chi connectivity index (χ4n) is 6.71. The monoisotopic (exact) mass is 884 g/mol. The summed E-state index contributed by atoms with van der Waals surface area (Å²) in [5.41, 5.74) is 5.36. The van der Waals surface area contributed by atoms with Crippen molar-refractivity contribution in [3.05, 3.63) is 143 Å². The summed E-state index contributed by atoms with van der Waals surface area (Å²) in [6, 6.07) is 16.1. The van der Waals surface area contributed by atoms with Gasteiger partial charge in [-0.3, -0.25) is 49.1 Å². The first-order chi connectivity index (χ1) is 30.8. The molecule has 64 heavy (non-hydrogen) atoms. The Kier molecular flexibility index (Phi) is 17.7. The van der Waals surface area contributed by atoms with Gasteiger partial charge in [0.1, 0.15) is 0 Å². The smallest absolute Gasteiger partial charge is 0.319 e. The van der Waals surface area contributed by atoms with Crippen molar-refractivity contribution in [3.8, 4) is 22.5 Å². The maximum absolute atomic E-state index is 13.7. The largest absolute Gasteiger partial charge is 0.480 e. The van der Waals surface area contributed by atoms with E-state index in [2.05, 4.69) is 30.8 Å². The van der Waals surface area contributed by atoms with Crippen molar-refractivity contribution >= 4 is 23.5 Å². The molecule has 14 nitrogen and oxygen atoms in total. The molecular weight excluding hydrogens is 837 g/mol. The molecule has 0 saturated heterocycles. The van der Waals surface area contributed by atoms with Crippen LogP contribution in [0.2, 0.25) is 0 Å². The second-order valence-electron chi connectivity index (χ2n) is 14.4. The van der Waals surface area contributed by atoms with E-state index in [0.717, 1.165) is 41.1 Å². The first-order valence-corrected chi connectivity index (χ1v) is 20.5. The number of carbonyl (C=O) groups is 4. The molecule has 0 amide bonds. The Morgan fingerprint density at radius 3 is 1.41 bits per heavy atom. The molecule has 6 aromatic rings. The fourth-order valence-corrected chi connectivity index (χ4v) is 6.71. The van der Waals surface area contributed by atoms with Crippen LogP contribution in [0.15, 0.2) is 97.6 Å². The average Bonchev–Trinajstić information content (AvgIpc) is 3.90. The highest BCUT2D eigenvalue weighted by Crippen LogP contribution is 2.22. The van der Waals surface area contributed by atoms with E-state index >= 15 is 0 Å². The van der Waals surface area contributed by atoms with Gasteiger partial charge in [-0.15, -0.1) is 0 Å². The van der Waals surface area contributed by atoms with Crippen LogP contribution in [0.3, 0.4) is 0 Å². The van der Waals surface area contributed by atoms with Gasteiger partial charge in [0.2, 0.25) is 0 Å². The maximum atomic E-state index is 13.7. The lowest BCUT2D eigenvalue weighted by Crippen LogP contribution is -2.42. The third-order valence-corrected chi connectivity index (χ3v) is 9.91. The number of aryl methyl sites for hydroxylation is 2. The third-order valence-electron chi connectivity index (χ3n) is 9.91. The van der Waals surface area contributed by atoms with Crippen molar-refractivity contribution < 1.29 is 46.6 Å². The van der Waals surface area contributed by atoms with E-state index in [-0.39, 0.29) is 50.4 Å². The molecular formula is C46H48F4N8O6. The average molecular weight is 885 g/mol. The number of carboxylic acids is 1. The Balaban J connectivity index is 0.000000241. The summed E-state index contributed by atoms with van der Waals surface area (Å²) in [6.45, 7) is 6.23. The van der Waals surface area contributed by atoms with Gasteiger partial charge in [0, 0.05) is 60.4 Å². The Morgan fingerprint density at radius 2 is 1.03 bits per heavy atom. The molecule has 0 radical (unpaired) electrons. The first kappa shape index (κ1) is 48.1. The minimum Gasteiger partial charge on any atom is -0.480 e. The minimum atomic E-state index is -1.12. The number of rotatable bonds is 21. The fraction of sp³-hybridized carbons (Fsp3) is 0.304.